The van der Waals surface area contributed by atoms with Crippen LogP contribution in [-0.4, -0.2) is 18.6 Å². The van der Waals surface area contributed by atoms with Crippen LogP contribution in [0.4, 0.5) is 4.39 Å². The van der Waals surface area contributed by atoms with Crippen molar-refractivity contribution in [3.8, 4) is 11.5 Å². The second-order valence-corrected chi connectivity index (χ2v) is 4.86. The lowest BCUT2D eigenvalue weighted by Gasteiger charge is -2.12. The maximum atomic E-state index is 12.8. The fourth-order valence-corrected chi connectivity index (χ4v) is 1.85. The van der Waals surface area contributed by atoms with Crippen molar-refractivity contribution in [3.05, 3.63) is 59.9 Å². The van der Waals surface area contributed by atoms with Crippen LogP contribution in [0.2, 0.25) is 0 Å². The average Bonchev–Trinajstić information content (AvgIpc) is 2.49. The highest BCUT2D eigenvalue weighted by Gasteiger charge is 2.10. The summed E-state index contributed by atoms with van der Waals surface area (Å²) in [7, 11) is 0. The monoisotopic (exact) mass is 303 g/mol. The number of ether oxygens (including phenoxy) is 2. The first-order chi connectivity index (χ1) is 10.5. The normalized spacial score (nSPS) is 11.7. The highest BCUT2D eigenvalue weighted by atomic mass is 19.1. The van der Waals surface area contributed by atoms with Crippen LogP contribution < -0.4 is 15.2 Å². The Morgan fingerprint density at radius 2 is 1.91 bits per heavy atom. The molecule has 1 unspecified atom stereocenters. The molecule has 1 atom stereocenters. The lowest BCUT2D eigenvalue weighted by Crippen LogP contribution is -2.30. The molecule has 0 aromatic heterocycles. The summed E-state index contributed by atoms with van der Waals surface area (Å²) < 4.78 is 23.8. The van der Waals surface area contributed by atoms with Gasteiger partial charge in [-0.2, -0.15) is 0 Å². The molecule has 0 aliphatic heterocycles. The first-order valence-electron chi connectivity index (χ1n) is 6.98. The van der Waals surface area contributed by atoms with Crippen LogP contribution in [-0.2, 0) is 11.2 Å². The Bertz CT molecular complexity index is 628. The lowest BCUT2D eigenvalue weighted by molar-refractivity contribution is -0.123. The Morgan fingerprint density at radius 1 is 1.18 bits per heavy atom. The molecule has 2 rings (SSSR count). The molecule has 2 N–H and O–H groups in total. The number of rotatable bonds is 7. The molecule has 0 spiro atoms. The van der Waals surface area contributed by atoms with Crippen LogP contribution >= 0.6 is 0 Å². The Kier molecular flexibility index (Phi) is 5.36. The Morgan fingerprint density at radius 3 is 2.59 bits per heavy atom. The number of amides is 1. The van der Waals surface area contributed by atoms with Crippen LogP contribution in [0.15, 0.2) is 48.5 Å². The second kappa shape index (κ2) is 7.45. The predicted octanol–water partition coefficient (Wildman–Crippen LogP) is 2.70. The highest BCUT2D eigenvalue weighted by Crippen LogP contribution is 2.16. The molecule has 0 aliphatic carbocycles. The molecule has 116 valence electrons. The van der Waals surface area contributed by atoms with Gasteiger partial charge in [-0.25, -0.2) is 4.39 Å². The number of halogens is 1. The molecule has 2 aromatic rings. The number of hydrogen-bond donors (Lipinski definition) is 1. The van der Waals surface area contributed by atoms with Crippen molar-refractivity contribution < 1.29 is 18.7 Å². The van der Waals surface area contributed by atoms with Crippen molar-refractivity contribution in [2.45, 2.75) is 19.4 Å². The van der Waals surface area contributed by atoms with Gasteiger partial charge in [-0.3, -0.25) is 4.79 Å². The molecule has 22 heavy (non-hydrogen) atoms. The summed E-state index contributed by atoms with van der Waals surface area (Å²) >= 11 is 0. The Balaban J connectivity index is 1.87. The number of primary amides is 1. The van der Waals surface area contributed by atoms with Gasteiger partial charge >= 0.3 is 0 Å². The van der Waals surface area contributed by atoms with Gasteiger partial charge in [0.05, 0.1) is 6.61 Å². The molecule has 0 bridgehead atoms. The summed E-state index contributed by atoms with van der Waals surface area (Å²) in [6.07, 6.45) is -0.00906. The van der Waals surface area contributed by atoms with Crippen molar-refractivity contribution in [3.63, 3.8) is 0 Å². The molecule has 2 aromatic carbocycles. The van der Waals surface area contributed by atoms with Crippen LogP contribution in [0.25, 0.3) is 0 Å². The van der Waals surface area contributed by atoms with Gasteiger partial charge in [-0.1, -0.05) is 12.1 Å². The van der Waals surface area contributed by atoms with Crippen molar-refractivity contribution in [1.82, 2.24) is 0 Å². The van der Waals surface area contributed by atoms with Crippen LogP contribution in [0.1, 0.15) is 12.5 Å². The maximum absolute atomic E-state index is 12.8. The molecule has 5 heteroatoms. The summed E-state index contributed by atoms with van der Waals surface area (Å²) in [6.45, 7) is 2.06. The van der Waals surface area contributed by atoms with Crippen molar-refractivity contribution in [1.29, 1.82) is 0 Å². The lowest BCUT2D eigenvalue weighted by atomic mass is 10.1. The summed E-state index contributed by atoms with van der Waals surface area (Å²) in [5.41, 5.74) is 6.18. The predicted molar refractivity (Wildman–Crippen MR) is 81.3 cm³/mol. The second-order valence-electron chi connectivity index (χ2n) is 4.86. The van der Waals surface area contributed by atoms with E-state index in [0.29, 0.717) is 24.5 Å². The fraction of sp³-hybridized carbons (Fsp3) is 0.235. The highest BCUT2D eigenvalue weighted by molar-refractivity contribution is 5.78. The third-order valence-corrected chi connectivity index (χ3v) is 3.09. The average molecular weight is 303 g/mol. The third kappa shape index (κ3) is 4.77. The molecule has 4 nitrogen and oxygen atoms in total. The quantitative estimate of drug-likeness (QED) is 0.855. The van der Waals surface area contributed by atoms with E-state index in [9.17, 15) is 9.18 Å². The zero-order valence-corrected chi connectivity index (χ0v) is 12.3. The number of benzene rings is 2. The molecular weight excluding hydrogens is 285 g/mol. The summed E-state index contributed by atoms with van der Waals surface area (Å²) in [5.74, 6) is 0.410. The molecule has 1 amide bonds. The minimum absolute atomic E-state index is 0.291. The van der Waals surface area contributed by atoms with E-state index in [1.165, 1.54) is 12.1 Å². The van der Waals surface area contributed by atoms with Gasteiger partial charge < -0.3 is 15.2 Å². The minimum Gasteiger partial charge on any atom is -0.493 e. The maximum Gasteiger partial charge on any atom is 0.258 e. The molecule has 0 radical (unpaired) electrons. The Labute approximate surface area is 128 Å². The van der Waals surface area contributed by atoms with Crippen molar-refractivity contribution in [2.75, 3.05) is 6.61 Å². The van der Waals surface area contributed by atoms with E-state index < -0.39 is 12.0 Å². The van der Waals surface area contributed by atoms with Crippen LogP contribution in [0.3, 0.4) is 0 Å². The van der Waals surface area contributed by atoms with Gasteiger partial charge in [0, 0.05) is 6.42 Å². The fourth-order valence-electron chi connectivity index (χ4n) is 1.85. The molecule has 0 saturated heterocycles. The largest absolute Gasteiger partial charge is 0.493 e. The number of nitrogens with two attached hydrogens (primary N) is 1. The van der Waals surface area contributed by atoms with E-state index in [1.54, 1.807) is 25.1 Å². The molecule has 0 fully saturated rings. The van der Waals surface area contributed by atoms with E-state index in [1.807, 2.05) is 18.2 Å². The van der Waals surface area contributed by atoms with E-state index in [-0.39, 0.29) is 5.82 Å². The van der Waals surface area contributed by atoms with E-state index in [0.717, 1.165) is 5.56 Å². The SMILES string of the molecule is CC(Oc1cccc(CCOc2ccc(F)cc2)c1)C(N)=O. The van der Waals surface area contributed by atoms with Gasteiger partial charge in [0.25, 0.3) is 5.91 Å². The number of hydrogen-bond acceptors (Lipinski definition) is 3. The van der Waals surface area contributed by atoms with E-state index in [2.05, 4.69) is 0 Å². The van der Waals surface area contributed by atoms with Gasteiger partial charge in [0.1, 0.15) is 17.3 Å². The molecule has 0 saturated carbocycles. The summed E-state index contributed by atoms with van der Waals surface area (Å²) in [5, 5.41) is 0. The smallest absolute Gasteiger partial charge is 0.258 e. The minimum atomic E-state index is -0.675. The van der Waals surface area contributed by atoms with Gasteiger partial charge in [0.2, 0.25) is 0 Å². The third-order valence-electron chi connectivity index (χ3n) is 3.09. The van der Waals surface area contributed by atoms with E-state index in [4.69, 9.17) is 15.2 Å². The molecular formula is C17H18FNO3. The van der Waals surface area contributed by atoms with Gasteiger partial charge in [-0.05, 0) is 48.9 Å². The van der Waals surface area contributed by atoms with E-state index >= 15 is 0 Å². The number of carbonyl (C=O) groups excluding carboxylic acids is 1. The van der Waals surface area contributed by atoms with Crippen molar-refractivity contribution in [2.24, 2.45) is 5.73 Å². The van der Waals surface area contributed by atoms with Crippen LogP contribution in [0.5, 0.6) is 11.5 Å². The first-order valence-corrected chi connectivity index (χ1v) is 6.98. The standard InChI is InChI=1S/C17H18FNO3/c1-12(17(19)20)22-16-4-2-3-13(11-16)9-10-21-15-7-5-14(18)6-8-15/h2-8,11-12H,9-10H2,1H3,(H2,19,20). The van der Waals surface area contributed by atoms with Gasteiger partial charge in [-0.15, -0.1) is 0 Å². The zero-order chi connectivity index (χ0) is 15.9. The molecule has 0 heterocycles. The van der Waals surface area contributed by atoms with Gasteiger partial charge in [0.15, 0.2) is 6.10 Å². The summed E-state index contributed by atoms with van der Waals surface area (Å²) in [4.78, 5) is 11.0. The molecule has 0 aliphatic rings. The number of carbonyl (C=O) groups is 1. The summed E-state index contributed by atoms with van der Waals surface area (Å²) in [6, 6.07) is 13.3. The zero-order valence-electron chi connectivity index (χ0n) is 12.3. The first kappa shape index (κ1) is 15.8. The Hall–Kier alpha value is -2.56. The topological polar surface area (TPSA) is 61.6 Å². The van der Waals surface area contributed by atoms with Crippen molar-refractivity contribution >= 4 is 5.91 Å². The van der Waals surface area contributed by atoms with Crippen LogP contribution in [0, 0.1) is 5.82 Å².